The quantitative estimate of drug-likeness (QED) is 0.575. The minimum Gasteiger partial charge on any atom is -0.396 e. The van der Waals surface area contributed by atoms with Crippen LogP contribution in [0.25, 0.3) is 0 Å². The number of nitrogens with zero attached hydrogens (tertiary/aromatic N) is 1. The van der Waals surface area contributed by atoms with E-state index in [0.29, 0.717) is 12.1 Å². The Balaban J connectivity index is 1.80. The summed E-state index contributed by atoms with van der Waals surface area (Å²) >= 11 is 0. The summed E-state index contributed by atoms with van der Waals surface area (Å²) in [4.78, 5) is 11.8. The van der Waals surface area contributed by atoms with E-state index in [-0.39, 0.29) is 11.6 Å². The molecular formula is C14H17FN4O. The Labute approximate surface area is 116 Å². The average molecular weight is 276 g/mol. The van der Waals surface area contributed by atoms with Crippen LogP contribution in [-0.4, -0.2) is 22.6 Å². The minimum absolute atomic E-state index is 0.0216. The third-order valence-corrected chi connectivity index (χ3v) is 3.10. The molecule has 4 N–H and O–H groups in total. The summed E-state index contributed by atoms with van der Waals surface area (Å²) in [6.45, 7) is 2.50. The molecule has 0 atom stereocenters. The molecule has 1 amide bonds. The van der Waals surface area contributed by atoms with Crippen LogP contribution in [0.5, 0.6) is 0 Å². The van der Waals surface area contributed by atoms with Crippen molar-refractivity contribution in [1.82, 2.24) is 15.5 Å². The largest absolute Gasteiger partial charge is 0.396 e. The van der Waals surface area contributed by atoms with E-state index >= 15 is 0 Å². The number of aromatic amines is 1. The monoisotopic (exact) mass is 276 g/mol. The molecule has 106 valence electrons. The number of nitrogens with two attached hydrogens (primary N) is 1. The van der Waals surface area contributed by atoms with Crippen LogP contribution in [0, 0.1) is 12.7 Å². The number of carbonyl (C=O) groups excluding carboxylic acids is 1. The number of amides is 1. The highest BCUT2D eigenvalue weighted by atomic mass is 19.1. The smallest absolute Gasteiger partial charge is 0.251 e. The van der Waals surface area contributed by atoms with Gasteiger partial charge in [-0.15, -0.1) is 0 Å². The topological polar surface area (TPSA) is 83.8 Å². The molecule has 1 aromatic carbocycles. The molecule has 0 aliphatic rings. The number of nitrogen functional groups attached to an aromatic ring is 1. The zero-order chi connectivity index (χ0) is 14.5. The molecule has 0 aliphatic carbocycles. The van der Waals surface area contributed by atoms with Crippen LogP contribution >= 0.6 is 0 Å². The zero-order valence-electron chi connectivity index (χ0n) is 11.2. The van der Waals surface area contributed by atoms with Crippen molar-refractivity contribution in [1.29, 1.82) is 0 Å². The van der Waals surface area contributed by atoms with Gasteiger partial charge in [-0.3, -0.25) is 9.89 Å². The number of anilines is 1. The highest BCUT2D eigenvalue weighted by Crippen LogP contribution is 2.12. The molecule has 0 radical (unpaired) electrons. The summed E-state index contributed by atoms with van der Waals surface area (Å²) in [5.41, 5.74) is 7.96. The number of hydrogen-bond donors (Lipinski definition) is 3. The van der Waals surface area contributed by atoms with Crippen LogP contribution in [0.1, 0.15) is 28.0 Å². The Kier molecular flexibility index (Phi) is 4.34. The van der Waals surface area contributed by atoms with Crippen LogP contribution < -0.4 is 11.1 Å². The van der Waals surface area contributed by atoms with Crippen molar-refractivity contribution in [2.75, 3.05) is 12.3 Å². The van der Waals surface area contributed by atoms with Crippen molar-refractivity contribution in [3.63, 3.8) is 0 Å². The number of nitrogens with one attached hydrogen (secondary N) is 2. The number of aromatic nitrogens is 2. The van der Waals surface area contributed by atoms with Gasteiger partial charge in [0.25, 0.3) is 5.91 Å². The summed E-state index contributed by atoms with van der Waals surface area (Å²) in [5, 5.41) is 9.59. The highest BCUT2D eigenvalue weighted by Gasteiger charge is 2.07. The number of aryl methyl sites for hydroxylation is 2. The number of H-pyrrole nitrogens is 1. The van der Waals surface area contributed by atoms with E-state index in [1.165, 1.54) is 18.2 Å². The van der Waals surface area contributed by atoms with Gasteiger partial charge in [0.15, 0.2) is 0 Å². The molecule has 1 heterocycles. The van der Waals surface area contributed by atoms with Crippen molar-refractivity contribution in [2.24, 2.45) is 0 Å². The second-order valence-electron chi connectivity index (χ2n) is 4.62. The maximum absolute atomic E-state index is 13.0. The minimum atomic E-state index is -0.517. The number of carbonyl (C=O) groups is 1. The van der Waals surface area contributed by atoms with Crippen LogP contribution in [0.2, 0.25) is 0 Å². The Morgan fingerprint density at radius 3 is 2.95 bits per heavy atom. The standard InChI is InChI=1S/C14H17FN4O/c1-9-11(8-18-19-9)3-2-6-17-14(20)10-4-5-12(15)13(16)7-10/h4-5,7-8H,2-3,6,16H2,1H3,(H,17,20)(H,18,19). The van der Waals surface area contributed by atoms with Gasteiger partial charge in [-0.05, 0) is 43.5 Å². The predicted molar refractivity (Wildman–Crippen MR) is 74.8 cm³/mol. The first kappa shape index (κ1) is 14.0. The molecule has 0 spiro atoms. The van der Waals surface area contributed by atoms with E-state index in [1.54, 1.807) is 6.20 Å². The normalized spacial score (nSPS) is 10.5. The summed E-state index contributed by atoms with van der Waals surface area (Å²) in [7, 11) is 0. The second-order valence-corrected chi connectivity index (χ2v) is 4.62. The summed E-state index contributed by atoms with van der Waals surface area (Å²) in [6, 6.07) is 3.95. The van der Waals surface area contributed by atoms with Crippen molar-refractivity contribution < 1.29 is 9.18 Å². The number of benzene rings is 1. The van der Waals surface area contributed by atoms with Gasteiger partial charge in [-0.2, -0.15) is 5.10 Å². The molecule has 20 heavy (non-hydrogen) atoms. The van der Waals surface area contributed by atoms with Gasteiger partial charge in [-0.1, -0.05) is 0 Å². The third kappa shape index (κ3) is 3.34. The Morgan fingerprint density at radius 1 is 1.50 bits per heavy atom. The first-order chi connectivity index (χ1) is 9.58. The summed E-state index contributed by atoms with van der Waals surface area (Å²) < 4.78 is 13.0. The predicted octanol–water partition coefficient (Wildman–Crippen LogP) is 1.80. The molecule has 5 nitrogen and oxygen atoms in total. The van der Waals surface area contributed by atoms with E-state index < -0.39 is 5.82 Å². The van der Waals surface area contributed by atoms with Crippen LogP contribution in [0.4, 0.5) is 10.1 Å². The fourth-order valence-electron chi connectivity index (χ4n) is 1.90. The summed E-state index contributed by atoms with van der Waals surface area (Å²) in [6.07, 6.45) is 3.44. The SMILES string of the molecule is Cc1[nH]ncc1CCCNC(=O)c1ccc(F)c(N)c1. The number of hydrogen-bond acceptors (Lipinski definition) is 3. The summed E-state index contributed by atoms with van der Waals surface area (Å²) in [5.74, 6) is -0.766. The van der Waals surface area contributed by atoms with E-state index in [0.717, 1.165) is 24.1 Å². The molecule has 6 heteroatoms. The lowest BCUT2D eigenvalue weighted by Crippen LogP contribution is -2.25. The van der Waals surface area contributed by atoms with E-state index in [2.05, 4.69) is 15.5 Å². The van der Waals surface area contributed by atoms with E-state index in [1.807, 2.05) is 6.92 Å². The van der Waals surface area contributed by atoms with Gasteiger partial charge >= 0.3 is 0 Å². The van der Waals surface area contributed by atoms with Gasteiger partial charge in [0, 0.05) is 17.8 Å². The first-order valence-electron chi connectivity index (χ1n) is 6.40. The van der Waals surface area contributed by atoms with E-state index in [9.17, 15) is 9.18 Å². The fourth-order valence-corrected chi connectivity index (χ4v) is 1.90. The molecule has 2 rings (SSSR count). The second kappa shape index (κ2) is 6.18. The number of rotatable bonds is 5. The van der Waals surface area contributed by atoms with Crippen molar-refractivity contribution in [3.8, 4) is 0 Å². The van der Waals surface area contributed by atoms with E-state index in [4.69, 9.17) is 5.73 Å². The zero-order valence-corrected chi connectivity index (χ0v) is 11.2. The molecule has 0 bridgehead atoms. The molecule has 2 aromatic rings. The molecule has 0 saturated carbocycles. The third-order valence-electron chi connectivity index (χ3n) is 3.10. The van der Waals surface area contributed by atoms with Crippen LogP contribution in [0.15, 0.2) is 24.4 Å². The lowest BCUT2D eigenvalue weighted by Gasteiger charge is -2.06. The Bertz CT molecular complexity index is 609. The lowest BCUT2D eigenvalue weighted by molar-refractivity contribution is 0.0953. The van der Waals surface area contributed by atoms with Gasteiger partial charge in [0.2, 0.25) is 0 Å². The van der Waals surface area contributed by atoms with Crippen LogP contribution in [-0.2, 0) is 6.42 Å². The van der Waals surface area contributed by atoms with Crippen molar-refractivity contribution in [2.45, 2.75) is 19.8 Å². The first-order valence-corrected chi connectivity index (χ1v) is 6.40. The maximum Gasteiger partial charge on any atom is 0.251 e. The van der Waals surface area contributed by atoms with Crippen LogP contribution in [0.3, 0.4) is 0 Å². The molecule has 0 aliphatic heterocycles. The molecule has 1 aromatic heterocycles. The maximum atomic E-state index is 13.0. The van der Waals surface area contributed by atoms with Gasteiger partial charge < -0.3 is 11.1 Å². The molecule has 0 saturated heterocycles. The Morgan fingerprint density at radius 2 is 2.30 bits per heavy atom. The van der Waals surface area contributed by atoms with Gasteiger partial charge in [-0.25, -0.2) is 4.39 Å². The van der Waals surface area contributed by atoms with Gasteiger partial charge in [0.05, 0.1) is 11.9 Å². The van der Waals surface area contributed by atoms with Crippen molar-refractivity contribution >= 4 is 11.6 Å². The van der Waals surface area contributed by atoms with Gasteiger partial charge in [0.1, 0.15) is 5.82 Å². The highest BCUT2D eigenvalue weighted by molar-refractivity contribution is 5.94. The average Bonchev–Trinajstić information content (AvgIpc) is 2.83. The molecule has 0 fully saturated rings. The molecular weight excluding hydrogens is 259 g/mol. The van der Waals surface area contributed by atoms with Crippen molar-refractivity contribution in [3.05, 3.63) is 47.0 Å². The number of halogens is 1. The molecule has 0 unspecified atom stereocenters. The Hall–Kier alpha value is -2.37. The lowest BCUT2D eigenvalue weighted by atomic mass is 10.1. The fraction of sp³-hybridized carbons (Fsp3) is 0.286.